The third kappa shape index (κ3) is 8.29. The molecule has 2 aliphatic rings. The van der Waals surface area contributed by atoms with Crippen LogP contribution in [-0.4, -0.2) is 72.5 Å². The molecule has 0 aliphatic carbocycles. The zero-order valence-corrected chi connectivity index (χ0v) is 20.1. The van der Waals surface area contributed by atoms with Crippen LogP contribution in [0, 0.1) is 11.8 Å². The molecular weight excluding hydrogens is 460 g/mol. The van der Waals surface area contributed by atoms with Gasteiger partial charge in [0.2, 0.25) is 11.8 Å². The van der Waals surface area contributed by atoms with E-state index in [-0.39, 0.29) is 36.7 Å². The molecule has 1 unspecified atom stereocenters. The fourth-order valence-corrected chi connectivity index (χ4v) is 4.45. The van der Waals surface area contributed by atoms with Crippen molar-refractivity contribution in [3.05, 3.63) is 35.9 Å². The number of halogens is 1. The lowest BCUT2D eigenvalue weighted by Crippen LogP contribution is -2.51. The molecule has 1 aromatic rings. The summed E-state index contributed by atoms with van der Waals surface area (Å²) < 4.78 is 0. The van der Waals surface area contributed by atoms with Crippen LogP contribution >= 0.6 is 12.4 Å². The summed E-state index contributed by atoms with van der Waals surface area (Å²) in [5.41, 5.74) is 0.348. The number of carboxylic acid groups (broad SMARTS) is 1. The third-order valence-electron chi connectivity index (χ3n) is 6.49. The molecule has 2 fully saturated rings. The van der Waals surface area contributed by atoms with Crippen molar-refractivity contribution >= 4 is 36.1 Å². The summed E-state index contributed by atoms with van der Waals surface area (Å²) in [7, 11) is 0. The number of piperidine rings is 2. The highest BCUT2D eigenvalue weighted by atomic mass is 35.5. The van der Waals surface area contributed by atoms with E-state index in [9.17, 15) is 24.3 Å². The number of carbonyl (C=O) groups is 4. The maximum Gasteiger partial charge on any atom is 0.328 e. The predicted octanol–water partition coefficient (Wildman–Crippen LogP) is 1.43. The number of nitrogens with one attached hydrogen (secondary N) is 3. The number of nitrogens with zero attached hydrogens (tertiary/aromatic N) is 1. The van der Waals surface area contributed by atoms with Crippen LogP contribution in [0.3, 0.4) is 0 Å². The Kier molecular flexibility index (Phi) is 11.3. The molecule has 2 aliphatic heterocycles. The van der Waals surface area contributed by atoms with E-state index in [0.717, 1.165) is 38.8 Å². The largest absolute Gasteiger partial charge is 0.480 e. The first-order chi connectivity index (χ1) is 15.9. The molecule has 3 amide bonds. The van der Waals surface area contributed by atoms with Gasteiger partial charge in [0, 0.05) is 31.6 Å². The van der Waals surface area contributed by atoms with Crippen molar-refractivity contribution in [2.45, 2.75) is 44.6 Å². The van der Waals surface area contributed by atoms with Gasteiger partial charge in [0.15, 0.2) is 0 Å². The summed E-state index contributed by atoms with van der Waals surface area (Å²) in [5, 5.41) is 17.9. The topological polar surface area (TPSA) is 128 Å². The summed E-state index contributed by atoms with van der Waals surface area (Å²) in [6, 6.07) is 7.08. The average molecular weight is 495 g/mol. The van der Waals surface area contributed by atoms with Crippen LogP contribution in [0.5, 0.6) is 0 Å². The van der Waals surface area contributed by atoms with Gasteiger partial charge in [-0.2, -0.15) is 0 Å². The van der Waals surface area contributed by atoms with Gasteiger partial charge in [-0.05, 0) is 63.2 Å². The Morgan fingerprint density at radius 2 is 1.79 bits per heavy atom. The van der Waals surface area contributed by atoms with Crippen LogP contribution in [0.15, 0.2) is 30.3 Å². The number of hydrogen-bond donors (Lipinski definition) is 4. The van der Waals surface area contributed by atoms with Gasteiger partial charge in [0.05, 0.1) is 5.92 Å². The van der Waals surface area contributed by atoms with E-state index in [4.69, 9.17) is 0 Å². The second-order valence-corrected chi connectivity index (χ2v) is 8.89. The average Bonchev–Trinajstić information content (AvgIpc) is 2.85. The van der Waals surface area contributed by atoms with E-state index in [0.29, 0.717) is 37.4 Å². The summed E-state index contributed by atoms with van der Waals surface area (Å²) in [5.74, 6) is -1.73. The van der Waals surface area contributed by atoms with Crippen molar-refractivity contribution in [2.75, 3.05) is 32.7 Å². The van der Waals surface area contributed by atoms with Crippen molar-refractivity contribution in [2.24, 2.45) is 11.8 Å². The van der Waals surface area contributed by atoms with Gasteiger partial charge >= 0.3 is 5.97 Å². The standard InChI is InChI=1S/C24H34N4O5.ClH/c29-21(9-8-17-10-12-25-13-11-17)28-14-4-7-19(16-28)22(30)26-15-20(24(32)33)27-23(31)18-5-2-1-3-6-18;/h1-3,5-6,17,19-20,25H,4,7-16H2,(H,26,30)(H,27,31)(H,32,33);1H/t19-,20?;/m1./s1. The second-order valence-electron chi connectivity index (χ2n) is 8.89. The number of likely N-dealkylation sites (tertiary alicyclic amines) is 1. The van der Waals surface area contributed by atoms with E-state index >= 15 is 0 Å². The molecule has 2 saturated heterocycles. The van der Waals surface area contributed by atoms with Gasteiger partial charge in [0.1, 0.15) is 6.04 Å². The zero-order chi connectivity index (χ0) is 23.6. The van der Waals surface area contributed by atoms with E-state index in [1.807, 2.05) is 0 Å². The predicted molar refractivity (Wildman–Crippen MR) is 130 cm³/mol. The van der Waals surface area contributed by atoms with Crippen LogP contribution in [-0.2, 0) is 14.4 Å². The first-order valence-electron chi connectivity index (χ1n) is 11.8. The highest BCUT2D eigenvalue weighted by Gasteiger charge is 2.30. The smallest absolute Gasteiger partial charge is 0.328 e. The Morgan fingerprint density at radius 3 is 2.47 bits per heavy atom. The van der Waals surface area contributed by atoms with Crippen LogP contribution in [0.2, 0.25) is 0 Å². The summed E-state index contributed by atoms with van der Waals surface area (Å²) in [4.78, 5) is 51.0. The molecule has 188 valence electrons. The molecule has 1 aromatic carbocycles. The Morgan fingerprint density at radius 1 is 1.09 bits per heavy atom. The number of rotatable bonds is 9. The molecule has 4 N–H and O–H groups in total. The molecule has 3 rings (SSSR count). The number of hydrogen-bond acceptors (Lipinski definition) is 5. The Balaban J connectivity index is 0.00000408. The maximum atomic E-state index is 12.7. The van der Waals surface area contributed by atoms with Gasteiger partial charge in [-0.15, -0.1) is 12.4 Å². The molecule has 0 bridgehead atoms. The van der Waals surface area contributed by atoms with Crippen LogP contribution in [0.25, 0.3) is 0 Å². The number of carboxylic acids is 1. The zero-order valence-electron chi connectivity index (χ0n) is 19.3. The molecule has 0 saturated carbocycles. The first kappa shape index (κ1) is 27.6. The Labute approximate surface area is 206 Å². The van der Waals surface area contributed by atoms with E-state index in [2.05, 4.69) is 16.0 Å². The van der Waals surface area contributed by atoms with Crippen LogP contribution < -0.4 is 16.0 Å². The summed E-state index contributed by atoms with van der Waals surface area (Å²) >= 11 is 0. The minimum atomic E-state index is -1.24. The molecule has 10 heteroatoms. The lowest BCUT2D eigenvalue weighted by atomic mass is 9.92. The number of carbonyl (C=O) groups excluding carboxylic acids is 3. The van der Waals surface area contributed by atoms with Gasteiger partial charge < -0.3 is 26.0 Å². The first-order valence-corrected chi connectivity index (χ1v) is 11.8. The fourth-order valence-electron chi connectivity index (χ4n) is 4.45. The molecular formula is C24H35ClN4O5. The number of aliphatic carboxylic acids is 1. The quantitative estimate of drug-likeness (QED) is 0.411. The minimum absolute atomic E-state index is 0. The monoisotopic (exact) mass is 494 g/mol. The minimum Gasteiger partial charge on any atom is -0.480 e. The Hall–Kier alpha value is -2.65. The van der Waals surface area contributed by atoms with Crippen LogP contribution in [0.4, 0.5) is 0 Å². The highest BCUT2D eigenvalue weighted by Crippen LogP contribution is 2.21. The molecule has 0 spiro atoms. The molecule has 0 radical (unpaired) electrons. The van der Waals surface area contributed by atoms with Crippen LogP contribution in [0.1, 0.15) is 48.9 Å². The second kappa shape index (κ2) is 13.9. The van der Waals surface area contributed by atoms with Crippen molar-refractivity contribution in [3.63, 3.8) is 0 Å². The highest BCUT2D eigenvalue weighted by molar-refractivity contribution is 5.96. The van der Waals surface area contributed by atoms with Crippen molar-refractivity contribution in [1.29, 1.82) is 0 Å². The van der Waals surface area contributed by atoms with E-state index in [1.165, 1.54) is 0 Å². The molecule has 0 aromatic heterocycles. The van der Waals surface area contributed by atoms with Gasteiger partial charge in [-0.3, -0.25) is 14.4 Å². The normalized spacial score (nSPS) is 19.4. The molecule has 9 nitrogen and oxygen atoms in total. The van der Waals surface area contributed by atoms with Crippen molar-refractivity contribution < 1.29 is 24.3 Å². The van der Waals surface area contributed by atoms with E-state index < -0.39 is 17.9 Å². The van der Waals surface area contributed by atoms with Gasteiger partial charge in [-0.1, -0.05) is 18.2 Å². The van der Waals surface area contributed by atoms with Gasteiger partial charge in [-0.25, -0.2) is 4.79 Å². The maximum absolute atomic E-state index is 12.7. The lowest BCUT2D eigenvalue weighted by Gasteiger charge is -2.33. The number of benzene rings is 1. The lowest BCUT2D eigenvalue weighted by molar-refractivity contribution is -0.139. The third-order valence-corrected chi connectivity index (χ3v) is 6.49. The summed E-state index contributed by atoms with van der Waals surface area (Å²) in [6.07, 6.45) is 4.98. The van der Waals surface area contributed by atoms with Crippen molar-refractivity contribution in [3.8, 4) is 0 Å². The molecule has 34 heavy (non-hydrogen) atoms. The summed E-state index contributed by atoms with van der Waals surface area (Å²) in [6.45, 7) is 2.81. The van der Waals surface area contributed by atoms with Crippen molar-refractivity contribution in [1.82, 2.24) is 20.9 Å². The number of amides is 3. The van der Waals surface area contributed by atoms with Gasteiger partial charge in [0.25, 0.3) is 5.91 Å². The molecule has 2 heterocycles. The van der Waals surface area contributed by atoms with E-state index in [1.54, 1.807) is 35.2 Å². The molecule has 2 atom stereocenters. The fraction of sp³-hybridized carbons (Fsp3) is 0.583. The SMILES string of the molecule is Cl.O=C(NC(CNC(=O)[C@@H]1CCCN(C(=O)CCC2CCNCC2)C1)C(=O)O)c1ccccc1. The Bertz CT molecular complexity index is 832.